The van der Waals surface area contributed by atoms with E-state index >= 15 is 0 Å². The summed E-state index contributed by atoms with van der Waals surface area (Å²) in [6.07, 6.45) is 4.11. The highest BCUT2D eigenvalue weighted by molar-refractivity contribution is 6.04. The van der Waals surface area contributed by atoms with Gasteiger partial charge in [0.25, 0.3) is 0 Å². The largest absolute Gasteiger partial charge is 0.492 e. The van der Waals surface area contributed by atoms with Gasteiger partial charge in [0.2, 0.25) is 0 Å². The lowest BCUT2D eigenvalue weighted by Crippen LogP contribution is -2.50. The van der Waals surface area contributed by atoms with Crippen LogP contribution >= 0.6 is 0 Å². The number of hydrogen-bond donors (Lipinski definition) is 1. The van der Waals surface area contributed by atoms with E-state index in [2.05, 4.69) is 69.8 Å². The van der Waals surface area contributed by atoms with E-state index in [-0.39, 0.29) is 6.04 Å². The fourth-order valence-corrected chi connectivity index (χ4v) is 5.25. The Morgan fingerprint density at radius 1 is 1.12 bits per heavy atom. The molecule has 3 heterocycles. The Morgan fingerprint density at radius 3 is 2.97 bits per heavy atom. The molecule has 0 spiro atoms. The van der Waals surface area contributed by atoms with Crippen molar-refractivity contribution in [3.8, 4) is 22.9 Å². The number of anilines is 1. The fraction of sp³-hybridized carbons (Fsp3) is 0.296. The van der Waals surface area contributed by atoms with E-state index in [0.717, 1.165) is 54.9 Å². The molecule has 6 rings (SSSR count). The van der Waals surface area contributed by atoms with Gasteiger partial charge in [0.05, 0.1) is 30.0 Å². The molecular weight excluding hydrogens is 410 g/mol. The summed E-state index contributed by atoms with van der Waals surface area (Å²) in [6.45, 7) is 3.12. The third kappa shape index (κ3) is 3.46. The van der Waals surface area contributed by atoms with Crippen LogP contribution in [0.15, 0.2) is 54.9 Å². The maximum absolute atomic E-state index is 9.17. The van der Waals surface area contributed by atoms with Crippen molar-refractivity contribution in [1.82, 2.24) is 15.3 Å². The average molecular weight is 436 g/mol. The van der Waals surface area contributed by atoms with Crippen LogP contribution in [0.4, 0.5) is 5.82 Å². The highest BCUT2D eigenvalue weighted by atomic mass is 16.5. The lowest BCUT2D eigenvalue weighted by Gasteiger charge is -2.34. The molecule has 6 heteroatoms. The van der Waals surface area contributed by atoms with Crippen molar-refractivity contribution in [1.29, 1.82) is 5.26 Å². The quantitative estimate of drug-likeness (QED) is 0.512. The summed E-state index contributed by atoms with van der Waals surface area (Å²) in [6, 6.07) is 19.6. The molecule has 2 aliphatic rings. The number of benzene rings is 3. The van der Waals surface area contributed by atoms with Crippen molar-refractivity contribution < 1.29 is 4.74 Å². The van der Waals surface area contributed by atoms with Crippen LogP contribution in [0.3, 0.4) is 0 Å². The number of piperazine rings is 1. The lowest BCUT2D eigenvalue weighted by molar-refractivity contribution is 0.292. The topological polar surface area (TPSA) is 74.1 Å². The molecule has 1 unspecified atom stereocenters. The molecule has 164 valence electrons. The highest BCUT2D eigenvalue weighted by Gasteiger charge is 2.27. The Balaban J connectivity index is 1.56. The molecule has 0 bridgehead atoms. The summed E-state index contributed by atoms with van der Waals surface area (Å²) in [5.41, 5.74) is 4.55. The van der Waals surface area contributed by atoms with E-state index in [1.807, 2.05) is 0 Å². The molecule has 1 saturated heterocycles. The summed E-state index contributed by atoms with van der Waals surface area (Å²) in [7, 11) is 0. The first-order chi connectivity index (χ1) is 16.3. The standard InChI is InChI=1S/C27H25N5O/c28-11-10-19-16-32(13-12-29-19)27-25-24(30-17-31-27)15-23(22-9-4-14-33-26(22)25)21-8-3-6-18-5-1-2-7-20(18)21/h1-3,5-8,15,17,19,29H,4,9-10,12-14,16H2. The van der Waals surface area contributed by atoms with E-state index in [1.165, 1.54) is 27.5 Å². The molecule has 4 aromatic rings. The minimum Gasteiger partial charge on any atom is -0.492 e. The zero-order chi connectivity index (χ0) is 22.2. The molecule has 33 heavy (non-hydrogen) atoms. The molecule has 3 aromatic carbocycles. The second-order valence-electron chi connectivity index (χ2n) is 8.76. The van der Waals surface area contributed by atoms with Gasteiger partial charge < -0.3 is 15.0 Å². The van der Waals surface area contributed by atoms with Crippen molar-refractivity contribution in [2.45, 2.75) is 25.3 Å². The predicted octanol–water partition coefficient (Wildman–Crippen LogP) is 4.47. The second kappa shape index (κ2) is 8.34. The van der Waals surface area contributed by atoms with Gasteiger partial charge in [-0.05, 0) is 40.8 Å². The summed E-state index contributed by atoms with van der Waals surface area (Å²) in [5.74, 6) is 1.83. The van der Waals surface area contributed by atoms with Gasteiger partial charge in [-0.1, -0.05) is 42.5 Å². The molecule has 1 atom stereocenters. The SMILES string of the molecule is N#CCC1CN(c2ncnc3cc(-c4cccc5ccccc45)c4c(c23)OCCC4)CCN1. The molecular formula is C27H25N5O. The van der Waals surface area contributed by atoms with E-state index in [4.69, 9.17) is 15.0 Å². The number of nitriles is 1. The number of aromatic nitrogens is 2. The van der Waals surface area contributed by atoms with Crippen molar-refractivity contribution in [3.05, 3.63) is 60.4 Å². The van der Waals surface area contributed by atoms with Crippen LogP contribution < -0.4 is 15.0 Å². The smallest absolute Gasteiger partial charge is 0.143 e. The third-order valence-electron chi connectivity index (χ3n) is 6.75. The molecule has 1 N–H and O–H groups in total. The second-order valence-corrected chi connectivity index (χ2v) is 8.76. The van der Waals surface area contributed by atoms with Crippen LogP contribution in [-0.2, 0) is 6.42 Å². The predicted molar refractivity (Wildman–Crippen MR) is 131 cm³/mol. The van der Waals surface area contributed by atoms with Crippen molar-refractivity contribution in [3.63, 3.8) is 0 Å². The summed E-state index contributed by atoms with van der Waals surface area (Å²) < 4.78 is 6.34. The molecule has 0 amide bonds. The molecule has 0 saturated carbocycles. The van der Waals surface area contributed by atoms with Crippen molar-refractivity contribution in [2.24, 2.45) is 0 Å². The molecule has 1 aromatic heterocycles. The van der Waals surface area contributed by atoms with Gasteiger partial charge in [-0.2, -0.15) is 5.26 Å². The Kier molecular flexibility index (Phi) is 5.04. The number of nitrogens with zero attached hydrogens (tertiary/aromatic N) is 4. The molecule has 2 aliphatic heterocycles. The van der Waals surface area contributed by atoms with Crippen LogP contribution in [-0.4, -0.2) is 42.3 Å². The Hall–Kier alpha value is -3.69. The van der Waals surface area contributed by atoms with Crippen LogP contribution in [0.25, 0.3) is 32.8 Å². The van der Waals surface area contributed by atoms with Gasteiger partial charge in [-0.15, -0.1) is 0 Å². The molecule has 1 fully saturated rings. The monoisotopic (exact) mass is 435 g/mol. The average Bonchev–Trinajstić information content (AvgIpc) is 2.88. The van der Waals surface area contributed by atoms with Crippen LogP contribution in [0.2, 0.25) is 0 Å². The minimum absolute atomic E-state index is 0.139. The van der Waals surface area contributed by atoms with Crippen LogP contribution in [0.5, 0.6) is 5.75 Å². The van der Waals surface area contributed by atoms with E-state index in [1.54, 1.807) is 6.33 Å². The molecule has 0 radical (unpaired) electrons. The van der Waals surface area contributed by atoms with E-state index < -0.39 is 0 Å². The first kappa shape index (κ1) is 20.0. The number of ether oxygens (including phenoxy) is 1. The Bertz CT molecular complexity index is 1390. The molecule has 6 nitrogen and oxygen atoms in total. The highest BCUT2D eigenvalue weighted by Crippen LogP contribution is 2.44. The maximum atomic E-state index is 9.17. The lowest BCUT2D eigenvalue weighted by atomic mass is 9.89. The summed E-state index contributed by atoms with van der Waals surface area (Å²) >= 11 is 0. The third-order valence-corrected chi connectivity index (χ3v) is 6.75. The van der Waals surface area contributed by atoms with Crippen LogP contribution in [0, 0.1) is 11.3 Å². The van der Waals surface area contributed by atoms with E-state index in [9.17, 15) is 0 Å². The van der Waals surface area contributed by atoms with E-state index in [0.29, 0.717) is 13.0 Å². The van der Waals surface area contributed by atoms with Gasteiger partial charge in [-0.3, -0.25) is 0 Å². The first-order valence-corrected chi connectivity index (χ1v) is 11.6. The Labute approximate surface area is 192 Å². The van der Waals surface area contributed by atoms with Gasteiger partial charge in [0.15, 0.2) is 0 Å². The maximum Gasteiger partial charge on any atom is 0.143 e. The zero-order valence-electron chi connectivity index (χ0n) is 18.4. The number of hydrogen-bond acceptors (Lipinski definition) is 6. The van der Waals surface area contributed by atoms with Crippen molar-refractivity contribution >= 4 is 27.5 Å². The minimum atomic E-state index is 0.139. The normalized spacial score (nSPS) is 18.0. The summed E-state index contributed by atoms with van der Waals surface area (Å²) in [4.78, 5) is 11.7. The van der Waals surface area contributed by atoms with Gasteiger partial charge >= 0.3 is 0 Å². The van der Waals surface area contributed by atoms with Gasteiger partial charge in [0.1, 0.15) is 17.9 Å². The molecule has 0 aliphatic carbocycles. The summed E-state index contributed by atoms with van der Waals surface area (Å²) in [5, 5.41) is 16.1. The first-order valence-electron chi connectivity index (χ1n) is 11.6. The van der Waals surface area contributed by atoms with Crippen LogP contribution in [0.1, 0.15) is 18.4 Å². The van der Waals surface area contributed by atoms with Gasteiger partial charge in [0, 0.05) is 31.2 Å². The number of rotatable bonds is 3. The van der Waals surface area contributed by atoms with Gasteiger partial charge in [-0.25, -0.2) is 9.97 Å². The number of nitrogens with one attached hydrogen (secondary N) is 1. The fourth-order valence-electron chi connectivity index (χ4n) is 5.25. The Morgan fingerprint density at radius 2 is 2.03 bits per heavy atom. The number of fused-ring (bicyclic) bond motifs is 4. The van der Waals surface area contributed by atoms with Crippen molar-refractivity contribution in [2.75, 3.05) is 31.1 Å². The zero-order valence-corrected chi connectivity index (χ0v) is 18.4.